The molecule has 7 heteroatoms. The van der Waals surface area contributed by atoms with Crippen LogP contribution in [0.15, 0.2) is 12.4 Å². The Morgan fingerprint density at radius 3 is 2.57 bits per heavy atom. The molecule has 0 unspecified atom stereocenters. The van der Waals surface area contributed by atoms with Crippen LogP contribution in [0.1, 0.15) is 62.3 Å². The van der Waals surface area contributed by atoms with Crippen molar-refractivity contribution in [3.8, 4) is 0 Å². The predicted octanol–water partition coefficient (Wildman–Crippen LogP) is 2.74. The van der Waals surface area contributed by atoms with Crippen LogP contribution in [0.4, 0.5) is 5.82 Å². The Balaban J connectivity index is 1.23. The molecular formula is C21H31N7. The molecule has 0 amide bonds. The molecule has 4 heterocycles. The lowest BCUT2D eigenvalue weighted by Gasteiger charge is -2.39. The molecule has 1 aliphatic carbocycles. The summed E-state index contributed by atoms with van der Waals surface area (Å²) in [6.07, 6.45) is 11.6. The van der Waals surface area contributed by atoms with Gasteiger partial charge in [0.2, 0.25) is 0 Å². The van der Waals surface area contributed by atoms with Gasteiger partial charge < -0.3 is 9.47 Å². The third-order valence-corrected chi connectivity index (χ3v) is 6.50. The molecule has 3 aliphatic rings. The van der Waals surface area contributed by atoms with E-state index in [1.54, 1.807) is 6.33 Å². The molecule has 0 N–H and O–H groups in total. The van der Waals surface area contributed by atoms with Gasteiger partial charge in [0, 0.05) is 49.9 Å². The smallest absolute Gasteiger partial charge is 0.147 e. The Hall–Kier alpha value is -2.02. The second-order valence-electron chi connectivity index (χ2n) is 8.66. The first kappa shape index (κ1) is 18.0. The summed E-state index contributed by atoms with van der Waals surface area (Å²) in [5.41, 5.74) is 1.06. The van der Waals surface area contributed by atoms with Gasteiger partial charge in [-0.1, -0.05) is 6.42 Å². The van der Waals surface area contributed by atoms with E-state index in [-0.39, 0.29) is 0 Å². The normalized spacial score (nSPS) is 21.3. The number of hydrogen-bond acceptors (Lipinski definition) is 6. The number of rotatable bonds is 5. The van der Waals surface area contributed by atoms with Crippen LogP contribution in [-0.4, -0.2) is 54.8 Å². The number of hydrogen-bond donors (Lipinski definition) is 0. The van der Waals surface area contributed by atoms with Gasteiger partial charge in [0.15, 0.2) is 0 Å². The summed E-state index contributed by atoms with van der Waals surface area (Å²) < 4.78 is 2.39. The summed E-state index contributed by atoms with van der Waals surface area (Å²) in [5, 5.41) is 9.00. The maximum Gasteiger partial charge on any atom is 0.147 e. The van der Waals surface area contributed by atoms with Gasteiger partial charge in [-0.05, 0) is 45.4 Å². The fourth-order valence-corrected chi connectivity index (χ4v) is 4.82. The Labute approximate surface area is 167 Å². The van der Waals surface area contributed by atoms with Gasteiger partial charge in [0.1, 0.15) is 23.8 Å². The van der Waals surface area contributed by atoms with Crippen LogP contribution >= 0.6 is 0 Å². The molecular weight excluding hydrogens is 350 g/mol. The largest absolute Gasteiger partial charge is 0.350 e. The first-order valence-corrected chi connectivity index (χ1v) is 11.0. The first-order valence-electron chi connectivity index (χ1n) is 11.0. The topological polar surface area (TPSA) is 63.0 Å². The Morgan fingerprint density at radius 2 is 1.79 bits per heavy atom. The molecule has 0 bridgehead atoms. The molecule has 0 aromatic carbocycles. The number of fused-ring (bicyclic) bond motifs is 1. The Morgan fingerprint density at radius 1 is 0.964 bits per heavy atom. The third-order valence-electron chi connectivity index (χ3n) is 6.50. The summed E-state index contributed by atoms with van der Waals surface area (Å²) >= 11 is 0. The molecule has 150 valence electrons. The van der Waals surface area contributed by atoms with Crippen molar-refractivity contribution in [3.05, 3.63) is 29.7 Å². The minimum absolute atomic E-state index is 0.591. The second kappa shape index (κ2) is 7.78. The number of anilines is 1. The van der Waals surface area contributed by atoms with E-state index in [1.165, 1.54) is 56.6 Å². The van der Waals surface area contributed by atoms with Crippen molar-refractivity contribution in [2.45, 2.75) is 83.5 Å². The number of likely N-dealkylation sites (tertiary alicyclic amines) is 1. The lowest BCUT2D eigenvalue weighted by Crippen LogP contribution is -2.46. The summed E-state index contributed by atoms with van der Waals surface area (Å²) in [7, 11) is 0. The fraction of sp³-hybridized carbons (Fsp3) is 0.714. The van der Waals surface area contributed by atoms with Crippen LogP contribution < -0.4 is 4.90 Å². The Kier molecular flexibility index (Phi) is 5.01. The van der Waals surface area contributed by atoms with Crippen molar-refractivity contribution in [1.82, 2.24) is 29.6 Å². The highest BCUT2D eigenvalue weighted by Gasteiger charge is 2.36. The predicted molar refractivity (Wildman–Crippen MR) is 108 cm³/mol. The number of nitrogens with zero attached hydrogens (tertiary/aromatic N) is 7. The van der Waals surface area contributed by atoms with Crippen LogP contribution in [0.25, 0.3) is 0 Å². The number of piperidine rings is 1. The van der Waals surface area contributed by atoms with Gasteiger partial charge in [-0.25, -0.2) is 9.97 Å². The summed E-state index contributed by atoms with van der Waals surface area (Å²) in [5.74, 6) is 3.48. The molecule has 2 aromatic rings. The van der Waals surface area contributed by atoms with Crippen LogP contribution in [0.2, 0.25) is 0 Å². The lowest BCUT2D eigenvalue weighted by atomic mass is 10.0. The van der Waals surface area contributed by atoms with Crippen molar-refractivity contribution in [2.24, 2.45) is 0 Å². The zero-order valence-corrected chi connectivity index (χ0v) is 16.9. The second-order valence-corrected chi connectivity index (χ2v) is 8.66. The van der Waals surface area contributed by atoms with E-state index >= 15 is 0 Å². The third kappa shape index (κ3) is 3.77. The van der Waals surface area contributed by atoms with E-state index in [2.05, 4.69) is 47.5 Å². The molecule has 0 spiro atoms. The van der Waals surface area contributed by atoms with Gasteiger partial charge >= 0.3 is 0 Å². The summed E-state index contributed by atoms with van der Waals surface area (Å²) in [6, 6.07) is 3.42. The van der Waals surface area contributed by atoms with Crippen LogP contribution in [0, 0.1) is 6.92 Å². The lowest BCUT2D eigenvalue weighted by molar-refractivity contribution is 0.193. The molecule has 5 rings (SSSR count). The summed E-state index contributed by atoms with van der Waals surface area (Å²) in [6.45, 7) is 6.34. The van der Waals surface area contributed by atoms with Crippen molar-refractivity contribution >= 4 is 5.82 Å². The monoisotopic (exact) mass is 381 g/mol. The minimum atomic E-state index is 0.591. The molecule has 0 atom stereocenters. The first-order chi connectivity index (χ1) is 13.8. The molecule has 2 aromatic heterocycles. The molecule has 7 nitrogen and oxygen atoms in total. The van der Waals surface area contributed by atoms with Crippen LogP contribution in [0.5, 0.6) is 0 Å². The van der Waals surface area contributed by atoms with Gasteiger partial charge in [-0.15, -0.1) is 10.2 Å². The zero-order chi connectivity index (χ0) is 18.9. The van der Waals surface area contributed by atoms with Crippen LogP contribution in [-0.2, 0) is 19.5 Å². The van der Waals surface area contributed by atoms with Gasteiger partial charge in [-0.2, -0.15) is 0 Å². The molecule has 0 radical (unpaired) electrons. The standard InChI is InChI=1S/C21H31N7/c1-16-13-20(23-15-22-16)28(17-6-7-17)18-8-11-26(12-9-18)14-21-25-24-19-5-3-2-4-10-27(19)21/h13,15,17-18H,2-12,14H2,1H3. The quantitative estimate of drug-likeness (QED) is 0.794. The van der Waals surface area contributed by atoms with E-state index in [0.717, 1.165) is 44.1 Å². The Bertz CT molecular complexity index is 805. The summed E-state index contributed by atoms with van der Waals surface area (Å²) in [4.78, 5) is 14.0. The van der Waals surface area contributed by atoms with Crippen molar-refractivity contribution in [1.29, 1.82) is 0 Å². The maximum absolute atomic E-state index is 4.59. The van der Waals surface area contributed by atoms with E-state index in [0.29, 0.717) is 12.1 Å². The zero-order valence-electron chi connectivity index (χ0n) is 16.9. The molecule has 1 saturated carbocycles. The fourth-order valence-electron chi connectivity index (χ4n) is 4.82. The highest BCUT2D eigenvalue weighted by molar-refractivity contribution is 5.43. The van der Waals surface area contributed by atoms with E-state index in [4.69, 9.17) is 0 Å². The highest BCUT2D eigenvalue weighted by Crippen LogP contribution is 2.35. The molecule has 28 heavy (non-hydrogen) atoms. The van der Waals surface area contributed by atoms with Crippen molar-refractivity contribution in [2.75, 3.05) is 18.0 Å². The molecule has 1 saturated heterocycles. The van der Waals surface area contributed by atoms with Crippen molar-refractivity contribution < 1.29 is 0 Å². The van der Waals surface area contributed by atoms with E-state index in [9.17, 15) is 0 Å². The van der Waals surface area contributed by atoms with E-state index in [1.807, 2.05) is 0 Å². The van der Waals surface area contributed by atoms with Gasteiger partial charge in [0.25, 0.3) is 0 Å². The molecule has 2 fully saturated rings. The van der Waals surface area contributed by atoms with Crippen molar-refractivity contribution in [3.63, 3.8) is 0 Å². The van der Waals surface area contributed by atoms with Gasteiger partial charge in [-0.3, -0.25) is 4.90 Å². The average Bonchev–Trinajstić information content (AvgIpc) is 3.50. The number of aryl methyl sites for hydroxylation is 2. The number of aromatic nitrogens is 5. The highest BCUT2D eigenvalue weighted by atomic mass is 15.3. The SMILES string of the molecule is Cc1cc(N(C2CC2)C2CCN(Cc3nnc4n3CCCCC4)CC2)ncn1. The van der Waals surface area contributed by atoms with Gasteiger partial charge in [0.05, 0.1) is 6.54 Å². The average molecular weight is 382 g/mol. The minimum Gasteiger partial charge on any atom is -0.350 e. The molecule has 2 aliphatic heterocycles. The maximum atomic E-state index is 4.59. The van der Waals surface area contributed by atoms with Crippen LogP contribution in [0.3, 0.4) is 0 Å². The van der Waals surface area contributed by atoms with E-state index < -0.39 is 0 Å².